The Balaban J connectivity index is 2.68. The summed E-state index contributed by atoms with van der Waals surface area (Å²) in [4.78, 5) is 0. The molecule has 0 saturated heterocycles. The van der Waals surface area contributed by atoms with Gasteiger partial charge < -0.3 is 14.6 Å². The summed E-state index contributed by atoms with van der Waals surface area (Å²) in [7, 11) is 1.71. The summed E-state index contributed by atoms with van der Waals surface area (Å²) < 4.78 is 7.33. The molecule has 0 unspecified atom stereocenters. The number of hydrogen-bond donors (Lipinski definition) is 2. The first-order valence-electron chi connectivity index (χ1n) is 6.32. The first kappa shape index (κ1) is 15.7. The summed E-state index contributed by atoms with van der Waals surface area (Å²) in [6.07, 6.45) is 1.79. The smallest absolute Gasteiger partial charge is 0.186 e. The minimum absolute atomic E-state index is 0.534. The fraction of sp³-hybridized carbons (Fsp3) is 0.538. The molecule has 0 aliphatic rings. The summed E-state index contributed by atoms with van der Waals surface area (Å²) in [6.45, 7) is 8.48. The minimum atomic E-state index is 0.534. The molecule has 0 spiro atoms. The Kier molecular flexibility index (Phi) is 6.52. The van der Waals surface area contributed by atoms with Gasteiger partial charge in [0.15, 0.2) is 5.11 Å². The lowest BCUT2D eigenvalue weighted by molar-refractivity contribution is 0.186. The number of thiocarbonyl (C=S) groups is 1. The summed E-state index contributed by atoms with van der Waals surface area (Å²) in [5.41, 5.74) is 6.25. The average molecular weight is 282 g/mol. The van der Waals surface area contributed by atoms with Crippen molar-refractivity contribution in [2.45, 2.75) is 27.3 Å². The van der Waals surface area contributed by atoms with Crippen LogP contribution in [0.4, 0.5) is 0 Å². The number of aromatic nitrogens is 1. The van der Waals surface area contributed by atoms with Crippen LogP contribution in [-0.4, -0.2) is 36.2 Å². The third-order valence-electron chi connectivity index (χ3n) is 2.84. The zero-order valence-electron chi connectivity index (χ0n) is 12.0. The molecule has 0 fully saturated rings. The molecular weight excluding hydrogens is 260 g/mol. The minimum Gasteiger partial charge on any atom is -0.383 e. The van der Waals surface area contributed by atoms with E-state index in [0.29, 0.717) is 11.7 Å². The maximum atomic E-state index is 5.11. The molecule has 0 radical (unpaired) electrons. The van der Waals surface area contributed by atoms with Crippen molar-refractivity contribution in [3.63, 3.8) is 0 Å². The summed E-state index contributed by atoms with van der Waals surface area (Å²) in [5.74, 6) is 0. The normalized spacial score (nSPS) is 10.9. The highest BCUT2D eigenvalue weighted by molar-refractivity contribution is 7.80. The molecule has 0 aliphatic carbocycles. The van der Waals surface area contributed by atoms with E-state index in [2.05, 4.69) is 40.3 Å². The molecule has 19 heavy (non-hydrogen) atoms. The molecule has 0 amide bonds. The molecule has 0 atom stereocenters. The van der Waals surface area contributed by atoms with Crippen LogP contribution in [0.15, 0.2) is 11.2 Å². The second-order valence-electron chi connectivity index (χ2n) is 4.20. The number of nitrogens with one attached hydrogen (secondary N) is 2. The first-order valence-corrected chi connectivity index (χ1v) is 6.73. The Labute approximate surface area is 120 Å². The zero-order valence-corrected chi connectivity index (χ0v) is 12.8. The number of aryl methyl sites for hydroxylation is 1. The van der Waals surface area contributed by atoms with Gasteiger partial charge in [0.2, 0.25) is 0 Å². The largest absolute Gasteiger partial charge is 0.383 e. The molecule has 1 aromatic rings. The predicted octanol–water partition coefficient (Wildman–Crippen LogP) is 1.57. The van der Waals surface area contributed by atoms with E-state index >= 15 is 0 Å². The molecule has 1 aromatic heterocycles. The quantitative estimate of drug-likeness (QED) is 0.472. The number of ether oxygens (including phenoxy) is 1. The summed E-state index contributed by atoms with van der Waals surface area (Å²) in [5, 5.41) is 7.64. The van der Waals surface area contributed by atoms with Gasteiger partial charge in [0, 0.05) is 37.2 Å². The van der Waals surface area contributed by atoms with E-state index in [1.54, 1.807) is 13.3 Å². The molecule has 0 aromatic carbocycles. The maximum absolute atomic E-state index is 5.11. The van der Waals surface area contributed by atoms with Crippen LogP contribution in [-0.2, 0) is 11.3 Å². The zero-order chi connectivity index (χ0) is 14.3. The number of hydrazone groups is 1. The van der Waals surface area contributed by atoms with E-state index in [4.69, 9.17) is 17.0 Å². The number of nitrogens with zero attached hydrogens (tertiary/aromatic N) is 2. The Hall–Kier alpha value is -1.40. The van der Waals surface area contributed by atoms with Crippen LogP contribution in [0.3, 0.4) is 0 Å². The van der Waals surface area contributed by atoms with Gasteiger partial charge in [-0.3, -0.25) is 5.43 Å². The van der Waals surface area contributed by atoms with Crippen LogP contribution in [0.5, 0.6) is 0 Å². The fourth-order valence-corrected chi connectivity index (χ4v) is 2.04. The van der Waals surface area contributed by atoms with Crippen molar-refractivity contribution in [2.75, 3.05) is 20.3 Å². The van der Waals surface area contributed by atoms with Crippen molar-refractivity contribution in [2.24, 2.45) is 5.10 Å². The molecule has 6 heteroatoms. The highest BCUT2D eigenvalue weighted by Crippen LogP contribution is 2.12. The molecule has 106 valence electrons. The van der Waals surface area contributed by atoms with Crippen LogP contribution < -0.4 is 10.7 Å². The fourth-order valence-electron chi connectivity index (χ4n) is 1.85. The van der Waals surface area contributed by atoms with Crippen molar-refractivity contribution in [3.8, 4) is 0 Å². The SMILES string of the molecule is CCNC(=S)N/N=C\c1cc(C)n(CCOC)c1C. The third-order valence-corrected chi connectivity index (χ3v) is 3.07. The molecule has 0 bridgehead atoms. The molecular formula is C13H22N4OS. The van der Waals surface area contributed by atoms with Crippen molar-refractivity contribution in [3.05, 3.63) is 23.0 Å². The van der Waals surface area contributed by atoms with E-state index in [1.807, 2.05) is 6.92 Å². The van der Waals surface area contributed by atoms with Crippen molar-refractivity contribution in [1.82, 2.24) is 15.3 Å². The second-order valence-corrected chi connectivity index (χ2v) is 4.61. The number of rotatable bonds is 6. The highest BCUT2D eigenvalue weighted by atomic mass is 32.1. The number of methoxy groups -OCH3 is 1. The molecule has 1 heterocycles. The van der Waals surface area contributed by atoms with Crippen LogP contribution in [0.25, 0.3) is 0 Å². The van der Waals surface area contributed by atoms with Gasteiger partial charge in [0.25, 0.3) is 0 Å². The van der Waals surface area contributed by atoms with Crippen molar-refractivity contribution in [1.29, 1.82) is 0 Å². The lowest BCUT2D eigenvalue weighted by Crippen LogP contribution is -2.31. The molecule has 5 nitrogen and oxygen atoms in total. The standard InChI is InChI=1S/C13H22N4OS/c1-5-14-13(19)16-15-9-12-8-10(2)17(11(12)3)6-7-18-4/h8-9H,5-7H2,1-4H3,(H2,14,16,19)/b15-9-. The Morgan fingerprint density at radius 3 is 2.89 bits per heavy atom. The van der Waals surface area contributed by atoms with Crippen LogP contribution in [0, 0.1) is 13.8 Å². The maximum Gasteiger partial charge on any atom is 0.186 e. The monoisotopic (exact) mass is 282 g/mol. The van der Waals surface area contributed by atoms with Crippen molar-refractivity contribution >= 4 is 23.5 Å². The Morgan fingerprint density at radius 1 is 1.53 bits per heavy atom. The average Bonchev–Trinajstić information content (AvgIpc) is 2.63. The second kappa shape index (κ2) is 7.91. The van der Waals surface area contributed by atoms with Gasteiger partial charge in [0.05, 0.1) is 12.8 Å². The van der Waals surface area contributed by atoms with Gasteiger partial charge in [-0.25, -0.2) is 0 Å². The van der Waals surface area contributed by atoms with Crippen LogP contribution in [0.1, 0.15) is 23.9 Å². The predicted molar refractivity (Wildman–Crippen MR) is 82.8 cm³/mol. The molecule has 0 saturated carbocycles. The van der Waals surface area contributed by atoms with Gasteiger partial charge in [-0.05, 0) is 39.1 Å². The van der Waals surface area contributed by atoms with Crippen molar-refractivity contribution < 1.29 is 4.74 Å². The van der Waals surface area contributed by atoms with Crippen LogP contribution in [0.2, 0.25) is 0 Å². The molecule has 0 aliphatic heterocycles. The van der Waals surface area contributed by atoms with E-state index in [9.17, 15) is 0 Å². The van der Waals surface area contributed by atoms with E-state index < -0.39 is 0 Å². The van der Waals surface area contributed by atoms with Gasteiger partial charge >= 0.3 is 0 Å². The molecule has 2 N–H and O–H groups in total. The number of hydrogen-bond acceptors (Lipinski definition) is 3. The lowest BCUT2D eigenvalue weighted by atomic mass is 10.3. The highest BCUT2D eigenvalue weighted by Gasteiger charge is 2.06. The van der Waals surface area contributed by atoms with Gasteiger partial charge in [-0.1, -0.05) is 0 Å². The first-order chi connectivity index (χ1) is 9.10. The summed E-state index contributed by atoms with van der Waals surface area (Å²) in [6, 6.07) is 2.10. The van der Waals surface area contributed by atoms with Gasteiger partial charge in [-0.2, -0.15) is 5.10 Å². The van der Waals surface area contributed by atoms with Crippen LogP contribution >= 0.6 is 12.2 Å². The van der Waals surface area contributed by atoms with E-state index in [-0.39, 0.29) is 0 Å². The Morgan fingerprint density at radius 2 is 2.26 bits per heavy atom. The van der Waals surface area contributed by atoms with E-state index in [1.165, 1.54) is 11.4 Å². The van der Waals surface area contributed by atoms with E-state index in [0.717, 1.165) is 18.7 Å². The topological polar surface area (TPSA) is 50.6 Å². The van der Waals surface area contributed by atoms with Gasteiger partial charge in [-0.15, -0.1) is 0 Å². The summed E-state index contributed by atoms with van der Waals surface area (Å²) >= 11 is 5.03. The van der Waals surface area contributed by atoms with Gasteiger partial charge in [0.1, 0.15) is 0 Å². The lowest BCUT2D eigenvalue weighted by Gasteiger charge is -2.08. The third kappa shape index (κ3) is 4.65. The molecule has 1 rings (SSSR count). The Bertz CT molecular complexity index is 454.